The van der Waals surface area contributed by atoms with E-state index in [-0.39, 0.29) is 0 Å². The number of rotatable bonds is 4. The van der Waals surface area contributed by atoms with Crippen LogP contribution in [-0.4, -0.2) is 6.54 Å². The van der Waals surface area contributed by atoms with Gasteiger partial charge >= 0.3 is 0 Å². The van der Waals surface area contributed by atoms with E-state index in [1.807, 2.05) is 24.4 Å². The van der Waals surface area contributed by atoms with Gasteiger partial charge in [-0.25, -0.2) is 0 Å². The molecule has 2 rings (SSSR count). The number of allylic oxidation sites excluding steroid dienone is 1. The lowest BCUT2D eigenvalue weighted by molar-refractivity contribution is 0.160. The smallest absolute Gasteiger partial charge is 0.113 e. The molecule has 0 aliphatic carbocycles. The highest BCUT2D eigenvalue weighted by Gasteiger charge is 2.19. The lowest BCUT2D eigenvalue weighted by Gasteiger charge is -2.26. The Labute approximate surface area is 104 Å². The van der Waals surface area contributed by atoms with Gasteiger partial charge in [0.25, 0.3) is 0 Å². The van der Waals surface area contributed by atoms with Crippen LogP contribution in [0.4, 0.5) is 0 Å². The molecular formula is C15H21NO. The van der Waals surface area contributed by atoms with E-state index in [0.29, 0.717) is 18.4 Å². The van der Waals surface area contributed by atoms with Crippen LogP contribution in [0.15, 0.2) is 42.3 Å². The average Bonchev–Trinajstić information content (AvgIpc) is 2.38. The van der Waals surface area contributed by atoms with E-state index in [1.165, 1.54) is 5.56 Å². The van der Waals surface area contributed by atoms with Crippen LogP contribution in [0.2, 0.25) is 0 Å². The van der Waals surface area contributed by atoms with Crippen molar-refractivity contribution in [3.8, 4) is 0 Å². The molecule has 1 aromatic carbocycles. The predicted molar refractivity (Wildman–Crippen MR) is 70.3 cm³/mol. The first-order valence-corrected chi connectivity index (χ1v) is 6.35. The molecule has 0 bridgehead atoms. The molecule has 1 aliphatic heterocycles. The minimum Gasteiger partial charge on any atom is -0.492 e. The van der Waals surface area contributed by atoms with Gasteiger partial charge in [0.2, 0.25) is 0 Å². The Kier molecular flexibility index (Phi) is 4.08. The van der Waals surface area contributed by atoms with Gasteiger partial charge in [-0.2, -0.15) is 0 Å². The Bertz CT molecular complexity index is 370. The Balaban J connectivity index is 1.85. The normalized spacial score (nSPS) is 19.7. The van der Waals surface area contributed by atoms with Crippen molar-refractivity contribution in [2.45, 2.75) is 26.9 Å². The molecule has 1 aliphatic rings. The average molecular weight is 231 g/mol. The van der Waals surface area contributed by atoms with E-state index in [0.717, 1.165) is 18.7 Å². The summed E-state index contributed by atoms with van der Waals surface area (Å²) < 4.78 is 5.85. The molecule has 1 atom stereocenters. The summed E-state index contributed by atoms with van der Waals surface area (Å²) in [4.78, 5) is 0. The molecule has 1 heterocycles. The highest BCUT2D eigenvalue weighted by Crippen LogP contribution is 2.23. The highest BCUT2D eigenvalue weighted by atomic mass is 16.5. The second-order valence-corrected chi connectivity index (χ2v) is 5.00. The quantitative estimate of drug-likeness (QED) is 0.858. The third kappa shape index (κ3) is 3.52. The van der Waals surface area contributed by atoms with Gasteiger partial charge in [0.05, 0.1) is 0 Å². The Morgan fingerprint density at radius 2 is 2.06 bits per heavy atom. The molecule has 0 aromatic heterocycles. The summed E-state index contributed by atoms with van der Waals surface area (Å²) in [6.07, 6.45) is 3.07. The fraction of sp³-hybridized carbons (Fsp3) is 0.467. The van der Waals surface area contributed by atoms with Gasteiger partial charge in [0, 0.05) is 19.2 Å². The number of benzene rings is 1. The highest BCUT2D eigenvalue weighted by molar-refractivity contribution is 5.14. The van der Waals surface area contributed by atoms with Crippen LogP contribution in [0.5, 0.6) is 0 Å². The Hall–Kier alpha value is -1.44. The zero-order valence-corrected chi connectivity index (χ0v) is 10.6. The summed E-state index contributed by atoms with van der Waals surface area (Å²) in [6.45, 7) is 6.27. The fourth-order valence-corrected chi connectivity index (χ4v) is 2.04. The van der Waals surface area contributed by atoms with Crippen molar-refractivity contribution in [1.82, 2.24) is 5.32 Å². The van der Waals surface area contributed by atoms with Crippen molar-refractivity contribution in [2.75, 3.05) is 6.54 Å². The first-order valence-electron chi connectivity index (χ1n) is 6.35. The second kappa shape index (κ2) is 5.76. The largest absolute Gasteiger partial charge is 0.492 e. The lowest BCUT2D eigenvalue weighted by Crippen LogP contribution is -2.28. The molecule has 2 nitrogen and oxygen atoms in total. The molecule has 0 saturated carbocycles. The van der Waals surface area contributed by atoms with Crippen LogP contribution in [0.25, 0.3) is 0 Å². The molecule has 2 heteroatoms. The monoisotopic (exact) mass is 231 g/mol. The van der Waals surface area contributed by atoms with Crippen LogP contribution in [0.3, 0.4) is 0 Å². The fourth-order valence-electron chi connectivity index (χ4n) is 2.04. The number of hydrogen-bond acceptors (Lipinski definition) is 2. The van der Waals surface area contributed by atoms with Gasteiger partial charge in [-0.15, -0.1) is 0 Å². The predicted octanol–water partition coefficient (Wildman–Crippen LogP) is 3.31. The van der Waals surface area contributed by atoms with Crippen LogP contribution in [0.1, 0.15) is 25.8 Å². The van der Waals surface area contributed by atoms with Crippen molar-refractivity contribution < 1.29 is 4.74 Å². The van der Waals surface area contributed by atoms with E-state index in [1.54, 1.807) is 0 Å². The maximum atomic E-state index is 5.85. The molecular weight excluding hydrogens is 210 g/mol. The third-order valence-electron chi connectivity index (χ3n) is 3.32. The molecule has 0 fully saturated rings. The number of ether oxygens (including phenoxy) is 1. The molecule has 0 saturated heterocycles. The summed E-state index contributed by atoms with van der Waals surface area (Å²) in [6, 6.07) is 10.3. The van der Waals surface area contributed by atoms with E-state index in [4.69, 9.17) is 4.74 Å². The van der Waals surface area contributed by atoms with Crippen molar-refractivity contribution in [3.05, 3.63) is 47.9 Å². The third-order valence-corrected chi connectivity index (χ3v) is 3.32. The summed E-state index contributed by atoms with van der Waals surface area (Å²) in [5.74, 6) is 2.47. The molecule has 92 valence electrons. The van der Waals surface area contributed by atoms with E-state index in [9.17, 15) is 0 Å². The summed E-state index contributed by atoms with van der Waals surface area (Å²) in [7, 11) is 0. The van der Waals surface area contributed by atoms with Crippen molar-refractivity contribution in [2.24, 2.45) is 11.8 Å². The summed E-state index contributed by atoms with van der Waals surface area (Å²) in [5.41, 5.74) is 1.22. The first-order chi connectivity index (χ1) is 8.25. The van der Waals surface area contributed by atoms with Crippen LogP contribution < -0.4 is 5.32 Å². The van der Waals surface area contributed by atoms with E-state index < -0.39 is 0 Å². The van der Waals surface area contributed by atoms with Gasteiger partial charge in [-0.1, -0.05) is 44.2 Å². The van der Waals surface area contributed by atoms with Gasteiger partial charge in [0.15, 0.2) is 0 Å². The van der Waals surface area contributed by atoms with Crippen LogP contribution >= 0.6 is 0 Å². The molecule has 1 N–H and O–H groups in total. The molecule has 0 radical (unpaired) electrons. The molecule has 1 aromatic rings. The van der Waals surface area contributed by atoms with E-state index >= 15 is 0 Å². The van der Waals surface area contributed by atoms with Crippen molar-refractivity contribution in [3.63, 3.8) is 0 Å². The molecule has 0 spiro atoms. The maximum absolute atomic E-state index is 5.85. The van der Waals surface area contributed by atoms with Gasteiger partial charge in [-0.05, 0) is 17.4 Å². The minimum absolute atomic E-state index is 0.666. The summed E-state index contributed by atoms with van der Waals surface area (Å²) >= 11 is 0. The van der Waals surface area contributed by atoms with Crippen LogP contribution in [0, 0.1) is 11.8 Å². The standard InChI is InChI=1S/C15H21NO/c1-12(2)14-8-15(10-16-9-14)17-11-13-6-4-3-5-7-13/h3-7,10,12,14,16H,8-9,11H2,1-2H3. The van der Waals surface area contributed by atoms with Gasteiger partial charge in [0.1, 0.15) is 12.4 Å². The topological polar surface area (TPSA) is 21.3 Å². The zero-order chi connectivity index (χ0) is 12.1. The minimum atomic E-state index is 0.666. The van der Waals surface area contributed by atoms with Crippen molar-refractivity contribution in [1.29, 1.82) is 0 Å². The molecule has 0 amide bonds. The SMILES string of the molecule is CC(C)C1CNC=C(OCc2ccccc2)C1. The maximum Gasteiger partial charge on any atom is 0.113 e. The zero-order valence-electron chi connectivity index (χ0n) is 10.6. The molecule has 1 unspecified atom stereocenters. The number of nitrogens with one attached hydrogen (secondary N) is 1. The van der Waals surface area contributed by atoms with Crippen LogP contribution in [-0.2, 0) is 11.3 Å². The van der Waals surface area contributed by atoms with Gasteiger partial charge in [-0.3, -0.25) is 0 Å². The van der Waals surface area contributed by atoms with Gasteiger partial charge < -0.3 is 10.1 Å². The second-order valence-electron chi connectivity index (χ2n) is 5.00. The van der Waals surface area contributed by atoms with Crippen molar-refractivity contribution >= 4 is 0 Å². The number of hydrogen-bond donors (Lipinski definition) is 1. The Morgan fingerprint density at radius 3 is 2.76 bits per heavy atom. The van der Waals surface area contributed by atoms with E-state index in [2.05, 4.69) is 31.3 Å². The lowest BCUT2D eigenvalue weighted by atomic mass is 9.90. The first kappa shape index (κ1) is 12.0. The summed E-state index contributed by atoms with van der Waals surface area (Å²) in [5, 5.41) is 3.32. The Morgan fingerprint density at radius 1 is 1.29 bits per heavy atom. The molecule has 17 heavy (non-hydrogen) atoms.